The van der Waals surface area contributed by atoms with Crippen LogP contribution in [0.25, 0.3) is 0 Å². The Labute approximate surface area is 128 Å². The van der Waals surface area contributed by atoms with Gasteiger partial charge in [0.05, 0.1) is 4.47 Å². The molecule has 1 aromatic rings. The van der Waals surface area contributed by atoms with Crippen molar-refractivity contribution in [1.29, 1.82) is 0 Å². The fourth-order valence-electron chi connectivity index (χ4n) is 2.37. The second kappa shape index (κ2) is 7.48. The standard InChI is InChI=1S/C14H20BrClN2O/c1-17-12-3-2-6-18(10-12)7-8-19-14-5-4-11(16)9-13(14)15/h4-5,9,12,17H,2-3,6-8,10H2,1H3. The van der Waals surface area contributed by atoms with Crippen molar-refractivity contribution in [3.8, 4) is 5.75 Å². The number of piperidine rings is 1. The van der Waals surface area contributed by atoms with Crippen LogP contribution in [0.15, 0.2) is 22.7 Å². The van der Waals surface area contributed by atoms with Gasteiger partial charge in [0.2, 0.25) is 0 Å². The summed E-state index contributed by atoms with van der Waals surface area (Å²) in [5.41, 5.74) is 0. The van der Waals surface area contributed by atoms with Gasteiger partial charge >= 0.3 is 0 Å². The van der Waals surface area contributed by atoms with Gasteiger partial charge in [-0.2, -0.15) is 0 Å². The molecule has 0 spiro atoms. The molecular weight excluding hydrogens is 328 g/mol. The van der Waals surface area contributed by atoms with E-state index < -0.39 is 0 Å². The maximum Gasteiger partial charge on any atom is 0.133 e. The summed E-state index contributed by atoms with van der Waals surface area (Å²) in [6.45, 7) is 3.95. The molecule has 5 heteroatoms. The number of ether oxygens (including phenoxy) is 1. The molecule has 19 heavy (non-hydrogen) atoms. The Kier molecular flexibility index (Phi) is 5.95. The zero-order valence-electron chi connectivity index (χ0n) is 11.2. The molecule has 1 aliphatic rings. The molecule has 1 aliphatic heterocycles. The SMILES string of the molecule is CNC1CCCN(CCOc2ccc(Cl)cc2Br)C1. The number of halogens is 2. The number of nitrogens with one attached hydrogen (secondary N) is 1. The quantitative estimate of drug-likeness (QED) is 0.885. The third-order valence-electron chi connectivity index (χ3n) is 3.47. The minimum absolute atomic E-state index is 0.621. The van der Waals surface area contributed by atoms with Crippen molar-refractivity contribution in [3.05, 3.63) is 27.7 Å². The summed E-state index contributed by atoms with van der Waals surface area (Å²) in [5, 5.41) is 4.07. The van der Waals surface area contributed by atoms with Gasteiger partial charge in [0.15, 0.2) is 0 Å². The Morgan fingerprint density at radius 3 is 3.11 bits per heavy atom. The Bertz CT molecular complexity index is 416. The van der Waals surface area contributed by atoms with Crippen LogP contribution in [-0.2, 0) is 0 Å². The van der Waals surface area contributed by atoms with Gasteiger partial charge in [-0.25, -0.2) is 0 Å². The van der Waals surface area contributed by atoms with Gasteiger partial charge in [0, 0.05) is 24.2 Å². The van der Waals surface area contributed by atoms with Crippen LogP contribution in [0.5, 0.6) is 5.75 Å². The van der Waals surface area contributed by atoms with Crippen LogP contribution < -0.4 is 10.1 Å². The zero-order chi connectivity index (χ0) is 13.7. The fraction of sp³-hybridized carbons (Fsp3) is 0.571. The van der Waals surface area contributed by atoms with E-state index in [1.807, 2.05) is 25.2 Å². The van der Waals surface area contributed by atoms with Crippen LogP contribution >= 0.6 is 27.5 Å². The highest BCUT2D eigenvalue weighted by molar-refractivity contribution is 9.10. The molecule has 3 nitrogen and oxygen atoms in total. The number of benzene rings is 1. The molecule has 1 atom stereocenters. The molecule has 1 aromatic carbocycles. The molecule has 0 amide bonds. The first-order chi connectivity index (χ1) is 9.19. The van der Waals surface area contributed by atoms with Gasteiger partial charge in [-0.05, 0) is 60.6 Å². The van der Waals surface area contributed by atoms with Gasteiger partial charge in [-0.1, -0.05) is 11.6 Å². The van der Waals surface area contributed by atoms with Gasteiger partial charge in [0.1, 0.15) is 12.4 Å². The monoisotopic (exact) mass is 346 g/mol. The summed E-state index contributed by atoms with van der Waals surface area (Å²) in [5.74, 6) is 0.853. The predicted octanol–water partition coefficient (Wildman–Crippen LogP) is 3.17. The third kappa shape index (κ3) is 4.63. The Hall–Kier alpha value is -0.290. The van der Waals surface area contributed by atoms with Crippen LogP contribution in [0.1, 0.15) is 12.8 Å². The number of nitrogens with zero attached hydrogens (tertiary/aromatic N) is 1. The Balaban J connectivity index is 1.76. The molecule has 0 aliphatic carbocycles. The van der Waals surface area contributed by atoms with Crippen LogP contribution in [0.2, 0.25) is 5.02 Å². The molecule has 1 saturated heterocycles. The molecule has 0 radical (unpaired) electrons. The second-order valence-corrected chi connectivity index (χ2v) is 6.14. The summed E-state index contributed by atoms with van der Waals surface area (Å²) in [6.07, 6.45) is 2.53. The highest BCUT2D eigenvalue weighted by Gasteiger charge is 2.17. The van der Waals surface area contributed by atoms with E-state index in [0.717, 1.165) is 23.3 Å². The topological polar surface area (TPSA) is 24.5 Å². The van der Waals surface area contributed by atoms with Crippen molar-refractivity contribution in [3.63, 3.8) is 0 Å². The lowest BCUT2D eigenvalue weighted by Crippen LogP contribution is -2.45. The summed E-state index contributed by atoms with van der Waals surface area (Å²) in [7, 11) is 2.04. The first-order valence-corrected chi connectivity index (χ1v) is 7.83. The number of likely N-dealkylation sites (tertiary alicyclic amines) is 1. The number of hydrogen-bond donors (Lipinski definition) is 1. The molecule has 0 aromatic heterocycles. The smallest absolute Gasteiger partial charge is 0.133 e. The molecule has 1 N–H and O–H groups in total. The van der Waals surface area contributed by atoms with Crippen molar-refractivity contribution in [2.24, 2.45) is 0 Å². The highest BCUT2D eigenvalue weighted by atomic mass is 79.9. The summed E-state index contributed by atoms with van der Waals surface area (Å²) >= 11 is 9.37. The minimum Gasteiger partial charge on any atom is -0.491 e. The second-order valence-electron chi connectivity index (χ2n) is 4.85. The van der Waals surface area contributed by atoms with Crippen molar-refractivity contribution in [2.45, 2.75) is 18.9 Å². The first kappa shape index (κ1) is 15.1. The largest absolute Gasteiger partial charge is 0.491 e. The molecule has 0 bridgehead atoms. The van der Waals surface area contributed by atoms with E-state index in [2.05, 4.69) is 26.1 Å². The molecule has 1 unspecified atom stereocenters. The van der Waals surface area contributed by atoms with E-state index in [1.165, 1.54) is 19.4 Å². The predicted molar refractivity (Wildman–Crippen MR) is 83.2 cm³/mol. The molecule has 106 valence electrons. The van der Waals surface area contributed by atoms with E-state index >= 15 is 0 Å². The maximum absolute atomic E-state index is 5.90. The van der Waals surface area contributed by atoms with Gasteiger partial charge in [-0.15, -0.1) is 0 Å². The third-order valence-corrected chi connectivity index (χ3v) is 4.33. The molecule has 2 rings (SSSR count). The van der Waals surface area contributed by atoms with E-state index in [4.69, 9.17) is 16.3 Å². The molecule has 0 saturated carbocycles. The van der Waals surface area contributed by atoms with E-state index in [1.54, 1.807) is 0 Å². The fourth-order valence-corrected chi connectivity index (χ4v) is 3.17. The summed E-state index contributed by atoms with van der Waals surface area (Å²) < 4.78 is 6.70. The lowest BCUT2D eigenvalue weighted by Gasteiger charge is -2.32. The average molecular weight is 348 g/mol. The number of hydrogen-bond acceptors (Lipinski definition) is 3. The van der Waals surface area contributed by atoms with Gasteiger partial charge in [0.25, 0.3) is 0 Å². The van der Waals surface area contributed by atoms with Gasteiger partial charge < -0.3 is 10.1 Å². The number of likely N-dealkylation sites (N-methyl/N-ethyl adjacent to an activating group) is 1. The summed E-state index contributed by atoms with van der Waals surface area (Å²) in [4.78, 5) is 2.45. The van der Waals surface area contributed by atoms with E-state index in [0.29, 0.717) is 17.7 Å². The maximum atomic E-state index is 5.90. The lowest BCUT2D eigenvalue weighted by atomic mass is 10.1. The van der Waals surface area contributed by atoms with Crippen molar-refractivity contribution in [2.75, 3.05) is 33.3 Å². The minimum atomic E-state index is 0.621. The van der Waals surface area contributed by atoms with E-state index in [-0.39, 0.29) is 0 Å². The van der Waals surface area contributed by atoms with Crippen LogP contribution in [-0.4, -0.2) is 44.2 Å². The summed E-state index contributed by atoms with van der Waals surface area (Å²) in [6, 6.07) is 6.23. The lowest BCUT2D eigenvalue weighted by molar-refractivity contribution is 0.162. The Morgan fingerprint density at radius 1 is 1.53 bits per heavy atom. The zero-order valence-corrected chi connectivity index (χ0v) is 13.5. The van der Waals surface area contributed by atoms with Crippen LogP contribution in [0.3, 0.4) is 0 Å². The first-order valence-electron chi connectivity index (χ1n) is 6.66. The highest BCUT2D eigenvalue weighted by Crippen LogP contribution is 2.27. The molecular formula is C14H20BrClN2O. The van der Waals surface area contributed by atoms with Crippen molar-refractivity contribution < 1.29 is 4.74 Å². The van der Waals surface area contributed by atoms with Crippen LogP contribution in [0.4, 0.5) is 0 Å². The van der Waals surface area contributed by atoms with Crippen molar-refractivity contribution >= 4 is 27.5 Å². The van der Waals surface area contributed by atoms with Crippen molar-refractivity contribution in [1.82, 2.24) is 10.2 Å². The number of rotatable bonds is 5. The average Bonchev–Trinajstić information content (AvgIpc) is 2.41. The molecule has 1 heterocycles. The molecule has 1 fully saturated rings. The van der Waals surface area contributed by atoms with Gasteiger partial charge in [-0.3, -0.25) is 4.90 Å². The normalized spacial score (nSPS) is 20.5. The van der Waals surface area contributed by atoms with E-state index in [9.17, 15) is 0 Å². The van der Waals surface area contributed by atoms with Crippen LogP contribution in [0, 0.1) is 0 Å². The Morgan fingerprint density at radius 2 is 2.37 bits per heavy atom.